The van der Waals surface area contributed by atoms with Crippen molar-refractivity contribution in [3.05, 3.63) is 46.7 Å². The second-order valence-electron chi connectivity index (χ2n) is 7.21. The minimum absolute atomic E-state index is 0.0555. The first kappa shape index (κ1) is 17.5. The fourth-order valence-electron chi connectivity index (χ4n) is 3.73. The SMILES string of the molecule is C[C@H](c1ccccc1Cl)N(C(=O)c1cn(C2CCNCC2)nn1)C1CC1. The van der Waals surface area contributed by atoms with Crippen LogP contribution in [0.3, 0.4) is 0 Å². The third-order valence-corrected chi connectivity index (χ3v) is 5.70. The lowest BCUT2D eigenvalue weighted by Gasteiger charge is -2.29. The predicted octanol–water partition coefficient (Wildman–Crippen LogP) is 3.22. The molecule has 1 saturated heterocycles. The number of piperidine rings is 1. The molecule has 0 radical (unpaired) electrons. The second-order valence-corrected chi connectivity index (χ2v) is 7.61. The standard InChI is InChI=1S/C19H24ClN5O/c1-13(16-4-2-3-5-17(16)20)25(15-6-7-15)19(26)18-12-24(23-22-18)14-8-10-21-11-9-14/h2-5,12-15,21H,6-11H2,1H3/t13-/m1/s1. The molecule has 1 saturated carbocycles. The van der Waals surface area contributed by atoms with Crippen LogP contribution in [0.4, 0.5) is 0 Å². The summed E-state index contributed by atoms with van der Waals surface area (Å²) < 4.78 is 1.86. The zero-order valence-electron chi connectivity index (χ0n) is 14.9. The summed E-state index contributed by atoms with van der Waals surface area (Å²) >= 11 is 6.37. The summed E-state index contributed by atoms with van der Waals surface area (Å²) in [6, 6.07) is 8.22. The van der Waals surface area contributed by atoms with Gasteiger partial charge in [-0.2, -0.15) is 0 Å². The highest BCUT2D eigenvalue weighted by Gasteiger charge is 2.38. The van der Waals surface area contributed by atoms with Gasteiger partial charge in [0.05, 0.1) is 18.3 Å². The van der Waals surface area contributed by atoms with Crippen LogP contribution in [0.5, 0.6) is 0 Å². The number of hydrogen-bond donors (Lipinski definition) is 1. The lowest BCUT2D eigenvalue weighted by atomic mass is 10.1. The number of aromatic nitrogens is 3. The van der Waals surface area contributed by atoms with Crippen LogP contribution in [0, 0.1) is 0 Å². The van der Waals surface area contributed by atoms with Gasteiger partial charge < -0.3 is 10.2 Å². The van der Waals surface area contributed by atoms with Gasteiger partial charge in [0, 0.05) is 11.1 Å². The van der Waals surface area contributed by atoms with Gasteiger partial charge >= 0.3 is 0 Å². The minimum Gasteiger partial charge on any atom is -0.327 e. The maximum atomic E-state index is 13.2. The van der Waals surface area contributed by atoms with E-state index < -0.39 is 0 Å². The molecule has 2 aliphatic rings. The van der Waals surface area contributed by atoms with Crippen LogP contribution in [-0.4, -0.2) is 44.9 Å². The van der Waals surface area contributed by atoms with E-state index in [2.05, 4.69) is 15.6 Å². The Labute approximate surface area is 158 Å². The number of amides is 1. The number of nitrogens with one attached hydrogen (secondary N) is 1. The van der Waals surface area contributed by atoms with Crippen molar-refractivity contribution in [3.63, 3.8) is 0 Å². The van der Waals surface area contributed by atoms with Crippen molar-refractivity contribution in [2.45, 2.75) is 50.7 Å². The number of nitrogens with zero attached hydrogens (tertiary/aromatic N) is 4. The van der Waals surface area contributed by atoms with E-state index in [4.69, 9.17) is 11.6 Å². The van der Waals surface area contributed by atoms with Gasteiger partial charge in [-0.05, 0) is 57.3 Å². The van der Waals surface area contributed by atoms with E-state index >= 15 is 0 Å². The molecule has 1 aromatic heterocycles. The maximum Gasteiger partial charge on any atom is 0.276 e. The number of benzene rings is 1. The van der Waals surface area contributed by atoms with Crippen LogP contribution >= 0.6 is 11.6 Å². The molecule has 1 aliphatic carbocycles. The third-order valence-electron chi connectivity index (χ3n) is 5.36. The molecular formula is C19H24ClN5O. The molecule has 6 nitrogen and oxygen atoms in total. The van der Waals surface area contributed by atoms with Crippen molar-refractivity contribution < 1.29 is 4.79 Å². The normalized spacial score (nSPS) is 19.3. The molecule has 1 amide bonds. The summed E-state index contributed by atoms with van der Waals surface area (Å²) in [4.78, 5) is 15.1. The summed E-state index contributed by atoms with van der Waals surface area (Å²) in [5.41, 5.74) is 1.40. The number of rotatable bonds is 5. The first-order valence-electron chi connectivity index (χ1n) is 9.35. The van der Waals surface area contributed by atoms with Crippen molar-refractivity contribution in [1.82, 2.24) is 25.2 Å². The predicted molar refractivity (Wildman–Crippen MR) is 100 cm³/mol. The van der Waals surface area contributed by atoms with Crippen LogP contribution in [0.2, 0.25) is 5.02 Å². The number of carbonyl (C=O) groups is 1. The Hall–Kier alpha value is -1.92. The smallest absolute Gasteiger partial charge is 0.276 e. The molecular weight excluding hydrogens is 350 g/mol. The van der Waals surface area contributed by atoms with Gasteiger partial charge in [0.15, 0.2) is 5.69 Å². The van der Waals surface area contributed by atoms with Gasteiger partial charge in [0.25, 0.3) is 5.91 Å². The fraction of sp³-hybridized carbons (Fsp3) is 0.526. The molecule has 1 N–H and O–H groups in total. The van der Waals surface area contributed by atoms with E-state index in [-0.39, 0.29) is 18.0 Å². The Bertz CT molecular complexity index is 782. The van der Waals surface area contributed by atoms with E-state index in [0.717, 1.165) is 44.3 Å². The van der Waals surface area contributed by atoms with Crippen molar-refractivity contribution in [2.24, 2.45) is 0 Å². The van der Waals surface area contributed by atoms with Gasteiger partial charge in [-0.3, -0.25) is 4.79 Å². The summed E-state index contributed by atoms with van der Waals surface area (Å²) in [6.07, 6.45) is 5.90. The van der Waals surface area contributed by atoms with E-state index in [1.807, 2.05) is 47.0 Å². The lowest BCUT2D eigenvalue weighted by Crippen LogP contribution is -2.36. The molecule has 138 valence electrons. The first-order valence-corrected chi connectivity index (χ1v) is 9.72. The highest BCUT2D eigenvalue weighted by atomic mass is 35.5. The van der Waals surface area contributed by atoms with Crippen LogP contribution < -0.4 is 5.32 Å². The zero-order valence-corrected chi connectivity index (χ0v) is 15.7. The average molecular weight is 374 g/mol. The lowest BCUT2D eigenvalue weighted by molar-refractivity contribution is 0.0668. The Kier molecular flexibility index (Phi) is 4.96. The summed E-state index contributed by atoms with van der Waals surface area (Å²) in [7, 11) is 0. The molecule has 4 rings (SSSR count). The van der Waals surface area contributed by atoms with Crippen molar-refractivity contribution in [1.29, 1.82) is 0 Å². The van der Waals surface area contributed by atoms with Gasteiger partial charge in [-0.15, -0.1) is 5.10 Å². The largest absolute Gasteiger partial charge is 0.327 e. The van der Waals surface area contributed by atoms with E-state index in [1.165, 1.54) is 0 Å². The molecule has 26 heavy (non-hydrogen) atoms. The van der Waals surface area contributed by atoms with Crippen LogP contribution in [0.25, 0.3) is 0 Å². The average Bonchev–Trinajstić information content (AvgIpc) is 3.37. The number of halogens is 1. The van der Waals surface area contributed by atoms with Gasteiger partial charge in [-0.1, -0.05) is 35.0 Å². The van der Waals surface area contributed by atoms with E-state index in [0.29, 0.717) is 16.8 Å². The van der Waals surface area contributed by atoms with Crippen molar-refractivity contribution in [2.75, 3.05) is 13.1 Å². The van der Waals surface area contributed by atoms with Gasteiger partial charge in [0.1, 0.15) is 0 Å². The van der Waals surface area contributed by atoms with Gasteiger partial charge in [-0.25, -0.2) is 4.68 Å². The summed E-state index contributed by atoms with van der Waals surface area (Å²) in [5.74, 6) is -0.0555. The Balaban J connectivity index is 1.56. The number of hydrogen-bond acceptors (Lipinski definition) is 4. The van der Waals surface area contributed by atoms with Gasteiger partial charge in [0.2, 0.25) is 0 Å². The molecule has 2 fully saturated rings. The molecule has 1 atom stereocenters. The quantitative estimate of drug-likeness (QED) is 0.874. The maximum absolute atomic E-state index is 13.2. The topological polar surface area (TPSA) is 63.1 Å². The minimum atomic E-state index is -0.0901. The Morgan fingerprint density at radius 2 is 2.00 bits per heavy atom. The van der Waals surface area contributed by atoms with Crippen LogP contribution in [0.15, 0.2) is 30.5 Å². The van der Waals surface area contributed by atoms with Crippen LogP contribution in [-0.2, 0) is 0 Å². The highest BCUT2D eigenvalue weighted by Crippen LogP contribution is 2.37. The Morgan fingerprint density at radius 3 is 2.69 bits per heavy atom. The number of carbonyl (C=O) groups excluding carboxylic acids is 1. The first-order chi connectivity index (χ1) is 12.6. The highest BCUT2D eigenvalue weighted by molar-refractivity contribution is 6.31. The molecule has 1 aliphatic heterocycles. The van der Waals surface area contributed by atoms with E-state index in [1.54, 1.807) is 0 Å². The van der Waals surface area contributed by atoms with Crippen LogP contribution in [0.1, 0.15) is 60.7 Å². The summed E-state index contributed by atoms with van der Waals surface area (Å²) in [6.45, 7) is 3.99. The summed E-state index contributed by atoms with van der Waals surface area (Å²) in [5, 5.41) is 12.5. The molecule has 0 bridgehead atoms. The second kappa shape index (κ2) is 7.37. The molecule has 7 heteroatoms. The monoisotopic (exact) mass is 373 g/mol. The fourth-order valence-corrected chi connectivity index (χ4v) is 4.02. The molecule has 1 aromatic carbocycles. The Morgan fingerprint density at radius 1 is 1.27 bits per heavy atom. The third kappa shape index (κ3) is 3.48. The van der Waals surface area contributed by atoms with Crippen molar-refractivity contribution >= 4 is 17.5 Å². The molecule has 0 spiro atoms. The zero-order chi connectivity index (χ0) is 18.1. The molecule has 2 aromatic rings. The van der Waals surface area contributed by atoms with E-state index in [9.17, 15) is 4.79 Å². The molecule has 0 unspecified atom stereocenters. The van der Waals surface area contributed by atoms with Crippen molar-refractivity contribution in [3.8, 4) is 0 Å². The molecule has 2 heterocycles.